The van der Waals surface area contributed by atoms with Crippen molar-refractivity contribution in [3.8, 4) is 0 Å². The Balaban J connectivity index is 3.92. The van der Waals surface area contributed by atoms with Gasteiger partial charge in [-0.05, 0) is 20.8 Å². The van der Waals surface area contributed by atoms with Gasteiger partial charge in [0.05, 0.1) is 0 Å². The van der Waals surface area contributed by atoms with Gasteiger partial charge in [-0.15, -0.1) is 0 Å². The van der Waals surface area contributed by atoms with Gasteiger partial charge in [-0.25, -0.2) is 6.57 Å². The molecule has 0 aromatic rings. The van der Waals surface area contributed by atoms with Gasteiger partial charge in [0.2, 0.25) is 5.79 Å². The average Bonchev–Trinajstić information content (AvgIpc) is 1.88. The summed E-state index contributed by atoms with van der Waals surface area (Å²) in [6.07, 6.45) is 0. The van der Waals surface area contributed by atoms with Gasteiger partial charge in [0, 0.05) is 13.2 Å². The van der Waals surface area contributed by atoms with Crippen molar-refractivity contribution in [1.29, 1.82) is 0 Å². The van der Waals surface area contributed by atoms with Gasteiger partial charge in [-0.2, -0.15) is 0 Å². The van der Waals surface area contributed by atoms with E-state index >= 15 is 0 Å². The second-order valence-electron chi connectivity index (χ2n) is 2.32. The SMILES string of the molecule is [C-]#[N+]CC(C)(OCC)OCC. The zero-order valence-electron chi connectivity index (χ0n) is 7.39. The summed E-state index contributed by atoms with van der Waals surface area (Å²) in [7, 11) is 0. The molecule has 0 unspecified atom stereocenters. The third-order valence-electron chi connectivity index (χ3n) is 1.27. The molecule has 0 atom stereocenters. The van der Waals surface area contributed by atoms with E-state index in [1.165, 1.54) is 0 Å². The molecule has 0 aromatic carbocycles. The molecule has 0 amide bonds. The minimum Gasteiger partial charge on any atom is -0.344 e. The summed E-state index contributed by atoms with van der Waals surface area (Å²) in [6, 6.07) is 0. The van der Waals surface area contributed by atoms with Crippen LogP contribution in [0.4, 0.5) is 0 Å². The number of rotatable bonds is 5. The van der Waals surface area contributed by atoms with Crippen molar-refractivity contribution < 1.29 is 9.47 Å². The van der Waals surface area contributed by atoms with E-state index in [0.29, 0.717) is 13.2 Å². The van der Waals surface area contributed by atoms with Crippen molar-refractivity contribution in [2.24, 2.45) is 0 Å². The molecule has 0 rings (SSSR count). The van der Waals surface area contributed by atoms with Gasteiger partial charge < -0.3 is 14.3 Å². The van der Waals surface area contributed by atoms with E-state index in [0.717, 1.165) is 0 Å². The molecule has 0 aliphatic heterocycles. The second kappa shape index (κ2) is 5.11. The van der Waals surface area contributed by atoms with Crippen molar-refractivity contribution in [3.63, 3.8) is 0 Å². The third-order valence-corrected chi connectivity index (χ3v) is 1.27. The number of nitrogens with zero attached hydrogens (tertiary/aromatic N) is 1. The molecule has 0 aliphatic rings. The van der Waals surface area contributed by atoms with E-state index in [2.05, 4.69) is 4.85 Å². The Bertz CT molecular complexity index is 134. The Morgan fingerprint density at radius 2 is 1.73 bits per heavy atom. The molecule has 0 bridgehead atoms. The first-order chi connectivity index (χ1) is 5.18. The minimum absolute atomic E-state index is 0.259. The van der Waals surface area contributed by atoms with Gasteiger partial charge in [0.25, 0.3) is 6.54 Å². The molecule has 11 heavy (non-hydrogen) atoms. The molecule has 0 heterocycles. The van der Waals surface area contributed by atoms with Crippen LogP contribution in [0.2, 0.25) is 0 Å². The number of hydrogen-bond acceptors (Lipinski definition) is 2. The Kier molecular flexibility index (Phi) is 4.84. The van der Waals surface area contributed by atoms with Crippen LogP contribution in [-0.2, 0) is 9.47 Å². The summed E-state index contributed by atoms with van der Waals surface area (Å²) in [5.74, 6) is -0.703. The molecule has 0 aromatic heterocycles. The lowest BCUT2D eigenvalue weighted by Crippen LogP contribution is -2.35. The zero-order valence-corrected chi connectivity index (χ0v) is 7.39. The lowest BCUT2D eigenvalue weighted by atomic mass is 10.3. The number of ether oxygens (including phenoxy) is 2. The van der Waals surface area contributed by atoms with Gasteiger partial charge in [0.1, 0.15) is 0 Å². The fourth-order valence-corrected chi connectivity index (χ4v) is 0.887. The maximum atomic E-state index is 6.68. The molecule has 0 fully saturated rings. The molecule has 3 nitrogen and oxygen atoms in total. The van der Waals surface area contributed by atoms with Crippen LogP contribution < -0.4 is 0 Å². The van der Waals surface area contributed by atoms with E-state index in [9.17, 15) is 0 Å². The zero-order chi connectivity index (χ0) is 8.74. The minimum atomic E-state index is -0.703. The lowest BCUT2D eigenvalue weighted by Gasteiger charge is -2.23. The quantitative estimate of drug-likeness (QED) is 0.447. The van der Waals surface area contributed by atoms with Gasteiger partial charge in [-0.3, -0.25) is 0 Å². The fraction of sp³-hybridized carbons (Fsp3) is 0.875. The van der Waals surface area contributed by atoms with Crippen molar-refractivity contribution in [2.75, 3.05) is 19.8 Å². The van der Waals surface area contributed by atoms with Crippen LogP contribution in [0.1, 0.15) is 20.8 Å². The van der Waals surface area contributed by atoms with Crippen LogP contribution in [-0.4, -0.2) is 25.5 Å². The standard InChI is InChI=1S/C8H15NO2/c1-5-10-8(3,7-9-4)11-6-2/h5-7H2,1-3H3. The van der Waals surface area contributed by atoms with E-state index in [1.807, 2.05) is 13.8 Å². The smallest absolute Gasteiger partial charge is 0.267 e. The third kappa shape index (κ3) is 3.97. The van der Waals surface area contributed by atoms with Gasteiger partial charge >= 0.3 is 0 Å². The highest BCUT2D eigenvalue weighted by atomic mass is 16.7. The molecule has 64 valence electrons. The first-order valence-corrected chi connectivity index (χ1v) is 3.79. The maximum Gasteiger partial charge on any atom is 0.267 e. The predicted molar refractivity (Wildman–Crippen MR) is 43.1 cm³/mol. The molecule has 0 saturated heterocycles. The summed E-state index contributed by atoms with van der Waals surface area (Å²) in [4.78, 5) is 3.24. The maximum absolute atomic E-state index is 6.68. The van der Waals surface area contributed by atoms with Crippen LogP contribution in [0.25, 0.3) is 4.85 Å². The Morgan fingerprint density at radius 1 is 1.27 bits per heavy atom. The lowest BCUT2D eigenvalue weighted by molar-refractivity contribution is -0.209. The monoisotopic (exact) mass is 157 g/mol. The highest BCUT2D eigenvalue weighted by Crippen LogP contribution is 2.12. The predicted octanol–water partition coefficient (Wildman–Crippen LogP) is 1.69. The van der Waals surface area contributed by atoms with E-state index < -0.39 is 5.79 Å². The summed E-state index contributed by atoms with van der Waals surface area (Å²) in [5, 5.41) is 0. The van der Waals surface area contributed by atoms with E-state index in [-0.39, 0.29) is 6.54 Å². The van der Waals surface area contributed by atoms with Gasteiger partial charge in [-0.1, -0.05) is 0 Å². The molecule has 3 heteroatoms. The Hall–Kier alpha value is -0.590. The first-order valence-electron chi connectivity index (χ1n) is 3.79. The summed E-state index contributed by atoms with van der Waals surface area (Å²) in [6.45, 7) is 13.7. The summed E-state index contributed by atoms with van der Waals surface area (Å²) >= 11 is 0. The van der Waals surface area contributed by atoms with E-state index in [1.54, 1.807) is 6.92 Å². The van der Waals surface area contributed by atoms with Crippen LogP contribution in [0.5, 0.6) is 0 Å². The van der Waals surface area contributed by atoms with Crippen LogP contribution in [0, 0.1) is 6.57 Å². The van der Waals surface area contributed by atoms with Crippen molar-refractivity contribution >= 4 is 0 Å². The fourth-order valence-electron chi connectivity index (χ4n) is 0.887. The van der Waals surface area contributed by atoms with Crippen molar-refractivity contribution in [1.82, 2.24) is 0 Å². The molecule has 0 N–H and O–H groups in total. The van der Waals surface area contributed by atoms with Crippen LogP contribution in [0.3, 0.4) is 0 Å². The number of hydrogen-bond donors (Lipinski definition) is 0. The van der Waals surface area contributed by atoms with Crippen molar-refractivity contribution in [3.05, 3.63) is 11.4 Å². The first kappa shape index (κ1) is 10.4. The topological polar surface area (TPSA) is 22.8 Å². The molecule has 0 radical (unpaired) electrons. The highest BCUT2D eigenvalue weighted by Gasteiger charge is 2.28. The van der Waals surface area contributed by atoms with E-state index in [4.69, 9.17) is 16.0 Å². The van der Waals surface area contributed by atoms with Crippen LogP contribution in [0.15, 0.2) is 0 Å². The average molecular weight is 157 g/mol. The molecular formula is C8H15NO2. The summed E-state index contributed by atoms with van der Waals surface area (Å²) in [5.41, 5.74) is 0. The Labute approximate surface area is 68.1 Å². The Morgan fingerprint density at radius 3 is 2.00 bits per heavy atom. The molecule has 0 saturated carbocycles. The normalized spacial score (nSPS) is 11.1. The van der Waals surface area contributed by atoms with Gasteiger partial charge in [0.15, 0.2) is 0 Å². The highest BCUT2D eigenvalue weighted by molar-refractivity contribution is 4.74. The van der Waals surface area contributed by atoms with Crippen molar-refractivity contribution in [2.45, 2.75) is 26.6 Å². The molecular weight excluding hydrogens is 142 g/mol. The largest absolute Gasteiger partial charge is 0.344 e. The van der Waals surface area contributed by atoms with Crippen LogP contribution >= 0.6 is 0 Å². The molecule has 0 spiro atoms. The summed E-state index contributed by atoms with van der Waals surface area (Å²) < 4.78 is 10.5. The second-order valence-corrected chi connectivity index (χ2v) is 2.32. The molecule has 0 aliphatic carbocycles.